The number of aryl methyl sites for hydroxylation is 10. The first-order valence-electron chi connectivity index (χ1n) is 46.2. The zero-order valence-electron chi connectivity index (χ0n) is 86.6. The first kappa shape index (κ1) is 115. The average molecular weight is 1920 g/mol. The molecule has 1 saturated carbocycles. The van der Waals surface area contributed by atoms with Crippen molar-refractivity contribution >= 4 is 77.0 Å². The predicted octanol–water partition coefficient (Wildman–Crippen LogP) is 21.3. The van der Waals surface area contributed by atoms with Crippen molar-refractivity contribution < 1.29 is 94.4 Å². The molecule has 9 aromatic carbocycles. The summed E-state index contributed by atoms with van der Waals surface area (Å²) in [6, 6.07) is 40.6. The fourth-order valence-electron chi connectivity index (χ4n) is 16.9. The average Bonchev–Trinajstić information content (AvgIpc) is 1.55. The van der Waals surface area contributed by atoms with E-state index in [2.05, 4.69) is 184 Å². The van der Waals surface area contributed by atoms with Crippen LogP contribution in [0.3, 0.4) is 0 Å². The van der Waals surface area contributed by atoms with Crippen molar-refractivity contribution in [2.45, 2.75) is 198 Å². The molecule has 9 amide bonds. The number of halogens is 3. The molecule has 2 saturated heterocycles. The van der Waals surface area contributed by atoms with E-state index in [9.17, 15) is 75.5 Å². The summed E-state index contributed by atoms with van der Waals surface area (Å²) in [6.07, 6.45) is -2.44. The molecule has 4 unspecified atom stereocenters. The van der Waals surface area contributed by atoms with Crippen molar-refractivity contribution in [3.8, 4) is 0 Å². The molecular weight excluding hydrogens is 1780 g/mol. The molecule has 0 spiro atoms. The number of hydrogen-bond donors (Lipinski definition) is 1. The third-order valence-corrected chi connectivity index (χ3v) is 26.1. The molecule has 0 radical (unpaired) electrons. The highest BCUT2D eigenvalue weighted by Gasteiger charge is 2.65. The molecule has 22 nitrogen and oxygen atoms in total. The van der Waals surface area contributed by atoms with Gasteiger partial charge in [-0.3, -0.25) is 62.8 Å². The van der Waals surface area contributed by atoms with Gasteiger partial charge < -0.3 is 24.3 Å². The van der Waals surface area contributed by atoms with E-state index in [1.165, 1.54) is 129 Å². The number of alkyl halides is 3. The fraction of sp³-hybridized carbons (Fsp3) is 0.365. The van der Waals surface area contributed by atoms with Gasteiger partial charge in [-0.2, -0.15) is 13.2 Å². The third kappa shape index (κ3) is 28.6. The Morgan fingerprint density at radius 3 is 0.929 bits per heavy atom. The second kappa shape index (κ2) is 50.0. The van der Waals surface area contributed by atoms with Crippen LogP contribution in [0.5, 0.6) is 0 Å². The van der Waals surface area contributed by atoms with E-state index in [4.69, 9.17) is 18.9 Å². The van der Waals surface area contributed by atoms with Crippen molar-refractivity contribution in [3.05, 3.63) is 349 Å². The molecule has 0 bridgehead atoms. The van der Waals surface area contributed by atoms with Crippen molar-refractivity contribution in [2.75, 3.05) is 61.2 Å². The number of fused-ring (bicyclic) bond motifs is 5. The summed E-state index contributed by atoms with van der Waals surface area (Å²) in [6.45, 7) is 62.3. The van der Waals surface area contributed by atoms with Crippen LogP contribution in [-0.4, -0.2) is 164 Å². The van der Waals surface area contributed by atoms with Crippen LogP contribution in [0.15, 0.2) is 176 Å². The molecule has 1 aliphatic carbocycles. The number of nitrogens with one attached hydrogen (secondary N) is 1. The van der Waals surface area contributed by atoms with Crippen LogP contribution < -0.4 is 5.32 Å². The third-order valence-electron chi connectivity index (χ3n) is 26.1. The molecule has 9 aromatic rings. The highest BCUT2D eigenvalue weighted by Crippen LogP contribution is 2.52. The fourth-order valence-corrected chi connectivity index (χ4v) is 16.9. The maximum atomic E-state index is 14.4. The van der Waals surface area contributed by atoms with E-state index in [1.54, 1.807) is 32.1 Å². The maximum absolute atomic E-state index is 14.4. The van der Waals surface area contributed by atoms with Crippen molar-refractivity contribution in [1.29, 1.82) is 0 Å². The Bertz CT molecular complexity index is 5770. The monoisotopic (exact) mass is 1920 g/mol. The maximum Gasteiger partial charge on any atom is 0.402 e. The SMILES string of the molecule is C=C(C)C(=O)OCCCOC(=O)c1cc(C)cc(C)c1.C=C(C)C(=O)OCCNC(=O)c1cc(C)cc(C)c1.C=CCOC(=O)c1cc(C)cc(C)c1.CN1C(=O)C2CC3C(=O)N(C)C(=O)C3C2C1=O.CN1C(=O)c2ccc(C(C)(c3ccc4c(c3)C(=O)N(C)C4=O)C(F)(F)F)cc2C1=O.Cc1c(C)c(C)c(C)c(C)c1C.Cc1c(C)c(C)c(C)c(C)c1C.Cc1cccc(C)c1.Cc1cccc(C)c1. The van der Waals surface area contributed by atoms with Gasteiger partial charge in [0, 0.05) is 51.3 Å². The van der Waals surface area contributed by atoms with E-state index in [1.807, 2.05) is 84.0 Å². The molecule has 3 fully saturated rings. The number of rotatable bonds is 16. The lowest BCUT2D eigenvalue weighted by molar-refractivity contribution is -0.173. The Hall–Kier alpha value is -14.1. The molecule has 4 aliphatic heterocycles. The zero-order chi connectivity index (χ0) is 106. The quantitative estimate of drug-likeness (QED) is 0.0235. The molecule has 4 atom stereocenters. The highest BCUT2D eigenvalue weighted by atomic mass is 19.4. The summed E-state index contributed by atoms with van der Waals surface area (Å²) in [5.41, 5.74) is 28.3. The summed E-state index contributed by atoms with van der Waals surface area (Å²) in [5.74, 6) is -7.52. The second-order valence-corrected chi connectivity index (χ2v) is 36.9. The summed E-state index contributed by atoms with van der Waals surface area (Å²) >= 11 is 0. The lowest BCUT2D eigenvalue weighted by atomic mass is 9.74. The number of nitrogens with zero attached hydrogens (tertiary/aromatic N) is 4. The Morgan fingerprint density at radius 2 is 0.643 bits per heavy atom. The Morgan fingerprint density at radius 1 is 0.364 bits per heavy atom. The summed E-state index contributed by atoms with van der Waals surface area (Å²) in [7, 11) is 5.38. The van der Waals surface area contributed by atoms with Gasteiger partial charge in [-0.25, -0.2) is 19.2 Å². The minimum absolute atomic E-state index is 0.0344. The molecule has 140 heavy (non-hydrogen) atoms. The van der Waals surface area contributed by atoms with Crippen LogP contribution in [-0.2, 0) is 53.1 Å². The van der Waals surface area contributed by atoms with Gasteiger partial charge >= 0.3 is 30.1 Å². The Kier molecular flexibility index (Phi) is 40.9. The van der Waals surface area contributed by atoms with Crippen LogP contribution in [0, 0.1) is 176 Å². The number of hydrogen-bond acceptors (Lipinski definition) is 17. The van der Waals surface area contributed by atoms with Gasteiger partial charge in [-0.05, 0) is 318 Å². The van der Waals surface area contributed by atoms with Gasteiger partial charge in [-0.15, -0.1) is 0 Å². The number of amides is 9. The molecule has 14 rings (SSSR count). The van der Waals surface area contributed by atoms with Crippen molar-refractivity contribution in [2.24, 2.45) is 23.7 Å². The van der Waals surface area contributed by atoms with Gasteiger partial charge in [0.1, 0.15) is 18.6 Å². The Balaban J connectivity index is 0.000000248. The van der Waals surface area contributed by atoms with Gasteiger partial charge in [0.2, 0.25) is 23.6 Å². The molecular formula is C115H136F3N5O17. The topological polar surface area (TPSA) is 284 Å². The largest absolute Gasteiger partial charge is 0.462 e. The normalized spacial score (nSPS) is 15.0. The van der Waals surface area contributed by atoms with Crippen LogP contribution in [0.25, 0.3) is 0 Å². The number of esters is 4. The second-order valence-electron chi connectivity index (χ2n) is 36.9. The minimum atomic E-state index is -4.80. The van der Waals surface area contributed by atoms with Crippen LogP contribution in [0.2, 0.25) is 0 Å². The predicted molar refractivity (Wildman–Crippen MR) is 541 cm³/mol. The lowest BCUT2D eigenvalue weighted by Gasteiger charge is -2.33. The van der Waals surface area contributed by atoms with Crippen LogP contribution >= 0.6 is 0 Å². The molecule has 5 aliphatic rings. The van der Waals surface area contributed by atoms with Crippen molar-refractivity contribution in [3.63, 3.8) is 0 Å². The lowest BCUT2D eigenvalue weighted by Crippen LogP contribution is -2.41. The van der Waals surface area contributed by atoms with Gasteiger partial charge in [-0.1, -0.05) is 160 Å². The standard InChI is InChI=1S/C21H15F3N2O4.C16H20O4.C15H19NO3.C12H14O2.2C12H18.C11H12N2O4.2C8H10/c1-20(21(22,23)24,10-4-6-12-14(8-10)18(29)25(2)16(12)27)11-5-7-13-15(9-11)19(30)26(3)17(13)28;1-11(2)15(17)19-6-5-7-20-16(18)14-9-12(3)8-13(4)10-14;1-10(2)15(18)19-6-5-16-14(17)13-8-11(3)7-12(4)9-13;1-4-5-14-12(13)11-7-9(2)6-10(3)8-11;2*1-7-8(2)10(4)12(6)11(5)9(7)3;1-12-8(14)4-3-5-7(6(4)10(12)16)11(17)13(2)9(5)15;2*1-7-4-3-5-8(2)6-7/h4-9H,1-3H3;8-10H,1,5-7H2,2-4H3;7-9H,1,5-6H2,2-4H3,(H,16,17);4,6-8H,1,5H2,2-3H3;2*1-6H3;4-7H,3H2,1-2H3;2*3-6H,1-2H3. The minimum Gasteiger partial charge on any atom is -0.462 e. The molecule has 25 heteroatoms. The summed E-state index contributed by atoms with van der Waals surface area (Å²) in [4.78, 5) is 157. The van der Waals surface area contributed by atoms with E-state index in [-0.39, 0.29) is 108 Å². The number of ether oxygens (including phenoxy) is 4. The van der Waals surface area contributed by atoms with Gasteiger partial charge in [0.05, 0.1) is 76.8 Å². The summed E-state index contributed by atoms with van der Waals surface area (Å²) < 4.78 is 62.9. The number of carbonyl (C=O) groups excluding carboxylic acids is 13. The number of likely N-dealkylation sites (tertiary alicyclic amines) is 2. The van der Waals surface area contributed by atoms with E-state index in [0.29, 0.717) is 40.7 Å². The summed E-state index contributed by atoms with van der Waals surface area (Å²) in [5, 5.41) is 2.70. The number of benzene rings is 9. The first-order valence-corrected chi connectivity index (χ1v) is 46.2. The van der Waals surface area contributed by atoms with E-state index < -0.39 is 70.8 Å². The smallest absolute Gasteiger partial charge is 0.402 e. The van der Waals surface area contributed by atoms with E-state index >= 15 is 0 Å². The number of imide groups is 4. The Labute approximate surface area is 823 Å². The number of carbonyl (C=O) groups is 13. The molecule has 1 N–H and O–H groups in total. The zero-order valence-corrected chi connectivity index (χ0v) is 86.6. The highest BCUT2D eigenvalue weighted by molar-refractivity contribution is 6.22. The first-order chi connectivity index (χ1) is 65.3. The van der Waals surface area contributed by atoms with Crippen molar-refractivity contribution in [1.82, 2.24) is 24.9 Å². The van der Waals surface area contributed by atoms with Gasteiger partial charge in [0.15, 0.2) is 0 Å². The van der Waals surface area contributed by atoms with Gasteiger partial charge in [0.25, 0.3) is 29.5 Å². The van der Waals surface area contributed by atoms with Crippen LogP contribution in [0.4, 0.5) is 13.2 Å². The molecule has 744 valence electrons. The molecule has 0 aromatic heterocycles. The molecule has 4 heterocycles. The van der Waals surface area contributed by atoms with E-state index in [0.717, 1.165) is 84.2 Å². The van der Waals surface area contributed by atoms with Crippen LogP contribution in [0.1, 0.15) is 240 Å².